The van der Waals surface area contributed by atoms with E-state index in [1.165, 1.54) is 108 Å². The van der Waals surface area contributed by atoms with Gasteiger partial charge in [-0.2, -0.15) is 20.2 Å². The van der Waals surface area contributed by atoms with Crippen LogP contribution in [-0.4, -0.2) is 57.5 Å². The molecule has 0 aromatic rings. The second kappa shape index (κ2) is 25.8. The summed E-state index contributed by atoms with van der Waals surface area (Å²) in [6.45, 7) is 3.77. The molecule has 1 N–H and O–H groups in total. The monoisotopic (exact) mass is 498 g/mol. The highest BCUT2D eigenvalue weighted by Gasteiger charge is 2.02. The van der Waals surface area contributed by atoms with E-state index in [0.717, 1.165) is 5.75 Å². The molecule has 0 aliphatic heterocycles. The van der Waals surface area contributed by atoms with Crippen LogP contribution < -0.4 is 0 Å². The molecule has 0 aromatic carbocycles. The molecule has 32 heavy (non-hydrogen) atoms. The van der Waals surface area contributed by atoms with Crippen LogP contribution in [0.3, 0.4) is 0 Å². The smallest absolute Gasteiger partial charge is 0.378 e. The van der Waals surface area contributed by atoms with Gasteiger partial charge >= 0.3 is 10.4 Å². The van der Waals surface area contributed by atoms with Crippen molar-refractivity contribution >= 4 is 22.2 Å². The predicted molar refractivity (Wildman–Crippen MR) is 136 cm³/mol. The van der Waals surface area contributed by atoms with Crippen molar-refractivity contribution < 1.29 is 26.6 Å². The molecule has 0 aliphatic rings. The highest BCUT2D eigenvalue weighted by molar-refractivity contribution is 7.99. The number of ether oxygens (including phenoxy) is 2. The van der Waals surface area contributed by atoms with Gasteiger partial charge in [-0.25, -0.2) is 4.18 Å². The minimum Gasteiger partial charge on any atom is -0.378 e. The van der Waals surface area contributed by atoms with Crippen LogP contribution in [0.25, 0.3) is 0 Å². The van der Waals surface area contributed by atoms with Gasteiger partial charge in [0.1, 0.15) is 0 Å². The van der Waals surface area contributed by atoms with Crippen LogP contribution >= 0.6 is 11.8 Å². The molecule has 0 heterocycles. The van der Waals surface area contributed by atoms with Crippen LogP contribution in [0.5, 0.6) is 0 Å². The van der Waals surface area contributed by atoms with Crippen LogP contribution in [0.15, 0.2) is 0 Å². The standard InChI is InChI=1S/C24H50O6S2/c1-2-3-4-5-6-7-8-9-10-11-12-13-14-15-16-17-23-31-24-22-29-19-18-28-20-21-30-32(25,26)27/h2-24H2,1H3,(H,25,26,27). The molecule has 194 valence electrons. The summed E-state index contributed by atoms with van der Waals surface area (Å²) in [7, 11) is -4.37. The zero-order chi connectivity index (χ0) is 23.6. The zero-order valence-corrected chi connectivity index (χ0v) is 22.2. The molecule has 0 spiro atoms. The summed E-state index contributed by atoms with van der Waals surface area (Å²) in [5, 5.41) is 0. The van der Waals surface area contributed by atoms with Crippen molar-refractivity contribution in [2.45, 2.75) is 110 Å². The van der Waals surface area contributed by atoms with Gasteiger partial charge in [-0.3, -0.25) is 4.55 Å². The van der Waals surface area contributed by atoms with Crippen LogP contribution in [0.2, 0.25) is 0 Å². The molecule has 0 radical (unpaired) electrons. The van der Waals surface area contributed by atoms with Gasteiger partial charge in [0, 0.05) is 5.75 Å². The van der Waals surface area contributed by atoms with E-state index in [0.29, 0.717) is 19.8 Å². The third-order valence-corrected chi connectivity index (χ3v) is 6.84. The van der Waals surface area contributed by atoms with Crippen molar-refractivity contribution in [3.05, 3.63) is 0 Å². The fraction of sp³-hybridized carbons (Fsp3) is 1.00. The average Bonchev–Trinajstić information content (AvgIpc) is 2.75. The van der Waals surface area contributed by atoms with E-state index in [1.54, 1.807) is 0 Å². The van der Waals surface area contributed by atoms with E-state index < -0.39 is 10.4 Å². The van der Waals surface area contributed by atoms with Gasteiger partial charge in [0.05, 0.1) is 33.0 Å². The highest BCUT2D eigenvalue weighted by atomic mass is 32.3. The van der Waals surface area contributed by atoms with Crippen LogP contribution in [0.4, 0.5) is 0 Å². The predicted octanol–water partition coefficient (Wildman–Crippen LogP) is 6.83. The third kappa shape index (κ3) is 30.1. The molecule has 0 saturated carbocycles. The van der Waals surface area contributed by atoms with E-state index >= 15 is 0 Å². The molecule has 6 nitrogen and oxygen atoms in total. The normalized spacial score (nSPS) is 11.9. The van der Waals surface area contributed by atoms with Crippen molar-refractivity contribution in [2.24, 2.45) is 0 Å². The Balaban J connectivity index is 3.04. The first-order valence-electron chi connectivity index (χ1n) is 12.9. The van der Waals surface area contributed by atoms with Crippen molar-refractivity contribution in [1.29, 1.82) is 0 Å². The Kier molecular flexibility index (Phi) is 25.9. The SMILES string of the molecule is CCCCCCCCCCCCCCCCCCSCCOCCOCCOS(=O)(=O)O. The lowest BCUT2D eigenvalue weighted by molar-refractivity contribution is 0.0406. The Bertz CT molecular complexity index is 459. The summed E-state index contributed by atoms with van der Waals surface area (Å²) in [5.74, 6) is 2.19. The highest BCUT2D eigenvalue weighted by Crippen LogP contribution is 2.14. The maximum absolute atomic E-state index is 10.3. The summed E-state index contributed by atoms with van der Waals surface area (Å²) < 4.78 is 43.8. The van der Waals surface area contributed by atoms with Gasteiger partial charge in [-0.1, -0.05) is 103 Å². The molecule has 0 aromatic heterocycles. The lowest BCUT2D eigenvalue weighted by Gasteiger charge is -2.06. The lowest BCUT2D eigenvalue weighted by Crippen LogP contribution is -2.13. The zero-order valence-electron chi connectivity index (χ0n) is 20.6. The number of thioether (sulfide) groups is 1. The van der Waals surface area contributed by atoms with Crippen LogP contribution in [-0.2, 0) is 24.1 Å². The molecule has 0 atom stereocenters. The molecule has 0 unspecified atom stereocenters. The maximum atomic E-state index is 10.3. The molecule has 0 bridgehead atoms. The molecular formula is C24H50O6S2. The lowest BCUT2D eigenvalue weighted by atomic mass is 10.0. The van der Waals surface area contributed by atoms with Gasteiger partial charge in [0.25, 0.3) is 0 Å². The van der Waals surface area contributed by atoms with Gasteiger partial charge in [0.2, 0.25) is 0 Å². The summed E-state index contributed by atoms with van der Waals surface area (Å²) >= 11 is 1.93. The quantitative estimate of drug-likeness (QED) is 0.0981. The number of hydrogen-bond acceptors (Lipinski definition) is 6. The summed E-state index contributed by atoms with van der Waals surface area (Å²) in [4.78, 5) is 0. The molecular weight excluding hydrogens is 448 g/mol. The molecule has 0 amide bonds. The molecule has 0 fully saturated rings. The van der Waals surface area contributed by atoms with Gasteiger partial charge in [-0.15, -0.1) is 0 Å². The average molecular weight is 499 g/mol. The first-order chi connectivity index (χ1) is 15.6. The van der Waals surface area contributed by atoms with Gasteiger partial charge in [0.15, 0.2) is 0 Å². The largest absolute Gasteiger partial charge is 0.397 e. The topological polar surface area (TPSA) is 82.1 Å². The van der Waals surface area contributed by atoms with E-state index in [4.69, 9.17) is 14.0 Å². The van der Waals surface area contributed by atoms with Crippen LogP contribution in [0.1, 0.15) is 110 Å². The fourth-order valence-electron chi connectivity index (χ4n) is 3.49. The number of unbranched alkanes of at least 4 members (excludes halogenated alkanes) is 15. The second-order valence-corrected chi connectivity index (χ2v) is 10.7. The van der Waals surface area contributed by atoms with Crippen LogP contribution in [0, 0.1) is 0 Å². The minimum absolute atomic E-state index is 0.108. The Morgan fingerprint density at radius 1 is 0.562 bits per heavy atom. The summed E-state index contributed by atoms with van der Waals surface area (Å²) in [6, 6.07) is 0. The minimum atomic E-state index is -4.37. The van der Waals surface area contributed by atoms with Gasteiger partial charge in [-0.05, 0) is 12.2 Å². The number of hydrogen-bond donors (Lipinski definition) is 1. The van der Waals surface area contributed by atoms with Crippen molar-refractivity contribution in [2.75, 3.05) is 44.5 Å². The Morgan fingerprint density at radius 3 is 1.44 bits per heavy atom. The van der Waals surface area contributed by atoms with Crippen molar-refractivity contribution in [3.8, 4) is 0 Å². The van der Waals surface area contributed by atoms with Crippen molar-refractivity contribution in [3.63, 3.8) is 0 Å². The molecule has 8 heteroatoms. The third-order valence-electron chi connectivity index (χ3n) is 5.35. The van der Waals surface area contributed by atoms with Gasteiger partial charge < -0.3 is 9.47 Å². The summed E-state index contributed by atoms with van der Waals surface area (Å²) in [6.07, 6.45) is 22.5. The summed E-state index contributed by atoms with van der Waals surface area (Å²) in [5.41, 5.74) is 0. The number of rotatable bonds is 27. The fourth-order valence-corrected chi connectivity index (χ4v) is 4.62. The Hall–Kier alpha value is 0.140. The first kappa shape index (κ1) is 32.1. The molecule has 0 saturated heterocycles. The van der Waals surface area contributed by atoms with E-state index in [1.807, 2.05) is 11.8 Å². The first-order valence-corrected chi connectivity index (χ1v) is 15.4. The second-order valence-electron chi connectivity index (χ2n) is 8.39. The Labute approximate surface area is 202 Å². The molecule has 0 rings (SSSR count). The van der Waals surface area contributed by atoms with E-state index in [-0.39, 0.29) is 13.2 Å². The maximum Gasteiger partial charge on any atom is 0.397 e. The molecule has 0 aliphatic carbocycles. The van der Waals surface area contributed by atoms with E-state index in [9.17, 15) is 8.42 Å². The van der Waals surface area contributed by atoms with Crippen molar-refractivity contribution in [1.82, 2.24) is 0 Å². The van der Waals surface area contributed by atoms with E-state index in [2.05, 4.69) is 11.1 Å². The Morgan fingerprint density at radius 2 is 0.969 bits per heavy atom.